The molecule has 1 aromatic carbocycles. The van der Waals surface area contributed by atoms with Crippen molar-refractivity contribution in [3.05, 3.63) is 46.1 Å². The lowest BCUT2D eigenvalue weighted by atomic mass is 10.2. The van der Waals surface area contributed by atoms with E-state index in [0.29, 0.717) is 17.1 Å². The van der Waals surface area contributed by atoms with Crippen LogP contribution >= 0.6 is 0 Å². The summed E-state index contributed by atoms with van der Waals surface area (Å²) < 4.78 is 18.2. The van der Waals surface area contributed by atoms with Crippen molar-refractivity contribution in [3.63, 3.8) is 0 Å². The van der Waals surface area contributed by atoms with Gasteiger partial charge in [-0.25, -0.2) is 4.98 Å². The van der Waals surface area contributed by atoms with Crippen molar-refractivity contribution in [3.8, 4) is 17.1 Å². The zero-order valence-electron chi connectivity index (χ0n) is 9.45. The second-order valence-electron chi connectivity index (χ2n) is 3.55. The van der Waals surface area contributed by atoms with E-state index in [-0.39, 0.29) is 5.69 Å². The standard InChI is InChI=1S/C12H11FN2O2/c1-7-10(13)12(16)15-11(14-7)8-4-3-5-9(6-8)17-2/h3-6H,1-2H3,(H,14,15,16). The molecule has 1 N–H and O–H groups in total. The van der Waals surface area contributed by atoms with Gasteiger partial charge in [-0.2, -0.15) is 4.39 Å². The minimum atomic E-state index is -0.850. The number of aromatic nitrogens is 2. The van der Waals surface area contributed by atoms with Gasteiger partial charge < -0.3 is 9.72 Å². The van der Waals surface area contributed by atoms with E-state index in [1.54, 1.807) is 31.4 Å². The van der Waals surface area contributed by atoms with Gasteiger partial charge >= 0.3 is 0 Å². The summed E-state index contributed by atoms with van der Waals surface area (Å²) in [6, 6.07) is 7.03. The van der Waals surface area contributed by atoms with E-state index in [4.69, 9.17) is 4.74 Å². The Morgan fingerprint density at radius 3 is 2.82 bits per heavy atom. The Hall–Kier alpha value is -2.17. The molecule has 0 fully saturated rings. The van der Waals surface area contributed by atoms with Crippen LogP contribution in [0.5, 0.6) is 5.75 Å². The van der Waals surface area contributed by atoms with Gasteiger partial charge in [-0.05, 0) is 19.1 Å². The normalized spacial score (nSPS) is 10.3. The van der Waals surface area contributed by atoms with Gasteiger partial charge in [0.05, 0.1) is 12.8 Å². The Labute approximate surface area is 97.1 Å². The molecule has 1 heterocycles. The molecule has 88 valence electrons. The van der Waals surface area contributed by atoms with Crippen LogP contribution in [0, 0.1) is 12.7 Å². The Kier molecular flexibility index (Phi) is 2.91. The predicted molar refractivity (Wildman–Crippen MR) is 61.5 cm³/mol. The number of aromatic amines is 1. The van der Waals surface area contributed by atoms with Gasteiger partial charge in [-0.1, -0.05) is 12.1 Å². The third-order valence-electron chi connectivity index (χ3n) is 2.37. The Balaban J connectivity index is 2.56. The van der Waals surface area contributed by atoms with Gasteiger partial charge in [-0.3, -0.25) is 4.79 Å². The minimum Gasteiger partial charge on any atom is -0.497 e. The Morgan fingerprint density at radius 1 is 1.41 bits per heavy atom. The number of benzene rings is 1. The molecule has 0 unspecified atom stereocenters. The molecule has 0 amide bonds. The first-order valence-corrected chi connectivity index (χ1v) is 5.02. The van der Waals surface area contributed by atoms with Crippen molar-refractivity contribution in [2.24, 2.45) is 0 Å². The number of hydrogen-bond donors (Lipinski definition) is 1. The van der Waals surface area contributed by atoms with Gasteiger partial charge in [0.25, 0.3) is 5.56 Å². The summed E-state index contributed by atoms with van der Waals surface area (Å²) in [5.74, 6) is 0.122. The molecule has 0 atom stereocenters. The fourth-order valence-corrected chi connectivity index (χ4v) is 1.48. The van der Waals surface area contributed by atoms with Crippen molar-refractivity contribution in [1.82, 2.24) is 9.97 Å². The summed E-state index contributed by atoms with van der Waals surface area (Å²) >= 11 is 0. The molecule has 0 radical (unpaired) electrons. The SMILES string of the molecule is COc1cccc(-c2nc(C)c(F)c(=O)[nH]2)c1. The van der Waals surface area contributed by atoms with Crippen molar-refractivity contribution in [1.29, 1.82) is 0 Å². The van der Waals surface area contributed by atoms with E-state index in [1.807, 2.05) is 0 Å². The molecule has 0 aliphatic heterocycles. The average molecular weight is 234 g/mol. The maximum atomic E-state index is 13.1. The Morgan fingerprint density at radius 2 is 2.18 bits per heavy atom. The molecule has 2 aromatic rings. The molecule has 0 bridgehead atoms. The summed E-state index contributed by atoms with van der Waals surface area (Å²) in [5.41, 5.74) is -0.0218. The number of H-pyrrole nitrogens is 1. The van der Waals surface area contributed by atoms with E-state index >= 15 is 0 Å². The second kappa shape index (κ2) is 4.37. The van der Waals surface area contributed by atoms with Crippen LogP contribution in [0.1, 0.15) is 5.69 Å². The third kappa shape index (κ3) is 2.18. The van der Waals surface area contributed by atoms with E-state index in [2.05, 4.69) is 9.97 Å². The van der Waals surface area contributed by atoms with Crippen LogP contribution in [0.4, 0.5) is 4.39 Å². The van der Waals surface area contributed by atoms with Gasteiger partial charge in [-0.15, -0.1) is 0 Å². The molecular weight excluding hydrogens is 223 g/mol. The fraction of sp³-hybridized carbons (Fsp3) is 0.167. The van der Waals surface area contributed by atoms with Crippen LogP contribution in [0.3, 0.4) is 0 Å². The number of methoxy groups -OCH3 is 1. The van der Waals surface area contributed by atoms with Crippen LogP contribution in [-0.4, -0.2) is 17.1 Å². The average Bonchev–Trinajstić information content (AvgIpc) is 2.35. The van der Waals surface area contributed by atoms with Crippen molar-refractivity contribution in [2.75, 3.05) is 7.11 Å². The summed E-state index contributed by atoms with van der Waals surface area (Å²) in [7, 11) is 1.55. The number of halogens is 1. The summed E-state index contributed by atoms with van der Waals surface area (Å²) in [5, 5.41) is 0. The molecule has 0 saturated carbocycles. The third-order valence-corrected chi connectivity index (χ3v) is 2.37. The van der Waals surface area contributed by atoms with Crippen LogP contribution < -0.4 is 10.3 Å². The lowest BCUT2D eigenvalue weighted by Gasteiger charge is -2.05. The molecule has 0 aliphatic carbocycles. The highest BCUT2D eigenvalue weighted by Crippen LogP contribution is 2.20. The fourth-order valence-electron chi connectivity index (χ4n) is 1.48. The number of nitrogens with one attached hydrogen (secondary N) is 1. The molecule has 0 spiro atoms. The van der Waals surface area contributed by atoms with Gasteiger partial charge in [0.15, 0.2) is 0 Å². The highest BCUT2D eigenvalue weighted by Gasteiger charge is 2.08. The molecule has 4 nitrogen and oxygen atoms in total. The minimum absolute atomic E-state index is 0.0755. The number of ether oxygens (including phenoxy) is 1. The molecule has 1 aromatic heterocycles. The van der Waals surface area contributed by atoms with E-state index in [1.165, 1.54) is 6.92 Å². The molecular formula is C12H11FN2O2. The van der Waals surface area contributed by atoms with Crippen molar-refractivity contribution in [2.45, 2.75) is 6.92 Å². The first kappa shape index (κ1) is 11.3. The largest absolute Gasteiger partial charge is 0.497 e. The topological polar surface area (TPSA) is 55.0 Å². The number of rotatable bonds is 2. The number of hydrogen-bond acceptors (Lipinski definition) is 3. The van der Waals surface area contributed by atoms with Gasteiger partial charge in [0.2, 0.25) is 5.82 Å². The lowest BCUT2D eigenvalue weighted by molar-refractivity contribution is 0.415. The monoisotopic (exact) mass is 234 g/mol. The van der Waals surface area contributed by atoms with Crippen LogP contribution in [-0.2, 0) is 0 Å². The maximum absolute atomic E-state index is 13.1. The molecule has 2 rings (SSSR count). The van der Waals surface area contributed by atoms with Gasteiger partial charge in [0.1, 0.15) is 11.6 Å². The smallest absolute Gasteiger partial charge is 0.287 e. The maximum Gasteiger partial charge on any atom is 0.287 e. The highest BCUT2D eigenvalue weighted by atomic mass is 19.1. The Bertz CT molecular complexity index is 608. The summed E-state index contributed by atoms with van der Waals surface area (Å²) in [6.07, 6.45) is 0. The zero-order chi connectivity index (χ0) is 12.4. The molecule has 0 aliphatic rings. The highest BCUT2D eigenvalue weighted by molar-refractivity contribution is 5.57. The van der Waals surface area contributed by atoms with Crippen LogP contribution in [0.2, 0.25) is 0 Å². The summed E-state index contributed by atoms with van der Waals surface area (Å²) in [4.78, 5) is 17.7. The summed E-state index contributed by atoms with van der Waals surface area (Å²) in [6.45, 7) is 1.45. The first-order valence-electron chi connectivity index (χ1n) is 5.02. The molecule has 0 saturated heterocycles. The number of aryl methyl sites for hydroxylation is 1. The van der Waals surface area contributed by atoms with E-state index in [0.717, 1.165) is 0 Å². The predicted octanol–water partition coefficient (Wildman–Crippen LogP) is 1.89. The van der Waals surface area contributed by atoms with Crippen LogP contribution in [0.15, 0.2) is 29.1 Å². The van der Waals surface area contributed by atoms with E-state index < -0.39 is 11.4 Å². The molecule has 17 heavy (non-hydrogen) atoms. The van der Waals surface area contributed by atoms with Crippen molar-refractivity contribution < 1.29 is 9.13 Å². The first-order chi connectivity index (χ1) is 8.11. The quantitative estimate of drug-likeness (QED) is 0.863. The van der Waals surface area contributed by atoms with Crippen LogP contribution in [0.25, 0.3) is 11.4 Å². The van der Waals surface area contributed by atoms with Crippen molar-refractivity contribution >= 4 is 0 Å². The lowest BCUT2D eigenvalue weighted by Crippen LogP contribution is -2.15. The zero-order valence-corrected chi connectivity index (χ0v) is 9.45. The number of nitrogens with zero attached hydrogens (tertiary/aromatic N) is 1. The second-order valence-corrected chi connectivity index (χ2v) is 3.55. The van der Waals surface area contributed by atoms with E-state index in [9.17, 15) is 9.18 Å². The molecule has 5 heteroatoms. The van der Waals surface area contributed by atoms with Gasteiger partial charge in [0, 0.05) is 5.56 Å².